The van der Waals surface area contributed by atoms with E-state index in [2.05, 4.69) is 4.74 Å². The second-order valence-corrected chi connectivity index (χ2v) is 2.81. The normalized spacial score (nSPS) is 39.9. The third kappa shape index (κ3) is 3.61. The van der Waals surface area contributed by atoms with Crippen molar-refractivity contribution in [1.82, 2.24) is 0 Å². The molecule has 0 radical (unpaired) electrons. The Morgan fingerprint density at radius 1 is 1.00 bits per heavy atom. The highest BCUT2D eigenvalue weighted by Crippen LogP contribution is 2.18. The number of ether oxygens (including phenoxy) is 1. The summed E-state index contributed by atoms with van der Waals surface area (Å²) in [5.74, 6) is 0. The van der Waals surface area contributed by atoms with E-state index < -0.39 is 37.3 Å². The number of hydrogen-bond acceptors (Lipinski definition) is 6. The predicted molar refractivity (Wildman–Crippen MR) is 46.1 cm³/mol. The van der Waals surface area contributed by atoms with Crippen LogP contribution >= 0.6 is 0 Å². The number of nitrogens with zero attached hydrogens (tertiary/aromatic N) is 3. The molecule has 0 saturated carbocycles. The van der Waals surface area contributed by atoms with Gasteiger partial charge in [-0.2, -0.15) is 0 Å². The molecule has 5 atom stereocenters. The average molecular weight is 222 g/mol. The van der Waals surface area contributed by atoms with Crippen LogP contribution in [0.3, 0.4) is 0 Å². The van der Waals surface area contributed by atoms with Crippen molar-refractivity contribution in [3.63, 3.8) is 0 Å². The van der Waals surface area contributed by atoms with Crippen molar-refractivity contribution in [2.45, 2.75) is 30.7 Å². The summed E-state index contributed by atoms with van der Waals surface area (Å²) in [6.45, 7) is -0.526. The zero-order chi connectivity index (χ0) is 12.0. The largest absolute Gasteiger partial charge is 0.394 e. The van der Waals surface area contributed by atoms with Gasteiger partial charge in [0.2, 0.25) is 0 Å². The van der Waals surface area contributed by atoms with E-state index in [-0.39, 0.29) is 0 Å². The summed E-state index contributed by atoms with van der Waals surface area (Å²) in [5, 5.41) is 44.7. The Bertz CT molecular complexity index is 216. The first kappa shape index (κ1) is 14.1. The molecule has 1 heterocycles. The minimum absolute atomic E-state index is 0.526. The molecule has 15 heavy (non-hydrogen) atoms. The molecule has 0 aromatic heterocycles. The summed E-state index contributed by atoms with van der Waals surface area (Å²) < 4.78 is 4.58. The number of aliphatic hydroxyl groups excluding tert-OH is 5. The van der Waals surface area contributed by atoms with Gasteiger partial charge in [-0.3, -0.25) is 4.91 Å². The van der Waals surface area contributed by atoms with Crippen LogP contribution in [-0.2, 0) is 4.74 Å². The topological polar surface area (TPSA) is 169 Å². The van der Waals surface area contributed by atoms with E-state index in [9.17, 15) is 0 Å². The zero-order valence-electron chi connectivity index (χ0n) is 7.58. The second-order valence-electron chi connectivity index (χ2n) is 2.81. The van der Waals surface area contributed by atoms with Gasteiger partial charge >= 0.3 is 0 Å². The zero-order valence-corrected chi connectivity index (χ0v) is 7.58. The van der Waals surface area contributed by atoms with Gasteiger partial charge in [0.15, 0.2) is 6.29 Å². The SMILES string of the molecule is OC[C@H]1O[C@H](O)[C@@H](O)[C@@H](O)[C@@H]1O.[N-]=[N+]=[N-]. The molecular weight excluding hydrogens is 210 g/mol. The maximum absolute atomic E-state index is 9.12. The molecule has 0 aromatic carbocycles. The molecular formula is C6H12N3O6-. The van der Waals surface area contributed by atoms with Crippen LogP contribution in [0.25, 0.3) is 16.0 Å². The fraction of sp³-hybridized carbons (Fsp3) is 1.00. The van der Waals surface area contributed by atoms with Crippen molar-refractivity contribution < 1.29 is 30.3 Å². The minimum Gasteiger partial charge on any atom is -0.394 e. The Balaban J connectivity index is 0.000000583. The van der Waals surface area contributed by atoms with Crippen LogP contribution in [0.5, 0.6) is 0 Å². The van der Waals surface area contributed by atoms with Gasteiger partial charge in [0, 0.05) is 0 Å². The van der Waals surface area contributed by atoms with Crippen LogP contribution in [0.2, 0.25) is 0 Å². The van der Waals surface area contributed by atoms with Crippen molar-refractivity contribution >= 4 is 0 Å². The van der Waals surface area contributed by atoms with Crippen LogP contribution in [-0.4, -0.2) is 62.8 Å². The summed E-state index contributed by atoms with van der Waals surface area (Å²) in [4.78, 5) is 1.50. The Labute approximate surface area is 84.6 Å². The van der Waals surface area contributed by atoms with Gasteiger partial charge in [-0.15, -0.1) is 0 Å². The minimum atomic E-state index is -1.57. The Morgan fingerprint density at radius 2 is 1.47 bits per heavy atom. The second kappa shape index (κ2) is 6.53. The van der Waals surface area contributed by atoms with E-state index in [1.165, 1.54) is 4.91 Å². The van der Waals surface area contributed by atoms with Crippen molar-refractivity contribution in [3.05, 3.63) is 16.0 Å². The highest BCUT2D eigenvalue weighted by atomic mass is 16.6. The highest BCUT2D eigenvalue weighted by molar-refractivity contribution is 4.87. The number of hydrogen-bond donors (Lipinski definition) is 5. The van der Waals surface area contributed by atoms with E-state index in [1.807, 2.05) is 0 Å². The van der Waals surface area contributed by atoms with Gasteiger partial charge in [0.25, 0.3) is 0 Å². The van der Waals surface area contributed by atoms with E-state index in [0.29, 0.717) is 0 Å². The Hall–Kier alpha value is -0.930. The van der Waals surface area contributed by atoms with Gasteiger partial charge in [-0.25, -0.2) is 0 Å². The molecule has 0 spiro atoms. The van der Waals surface area contributed by atoms with Crippen molar-refractivity contribution in [2.24, 2.45) is 0 Å². The van der Waals surface area contributed by atoms with E-state index in [0.717, 1.165) is 0 Å². The summed E-state index contributed by atoms with van der Waals surface area (Å²) in [5.41, 5.74) is 13.5. The smallest absolute Gasteiger partial charge is 0.184 e. The van der Waals surface area contributed by atoms with Gasteiger partial charge in [0.1, 0.15) is 24.4 Å². The van der Waals surface area contributed by atoms with Crippen LogP contribution in [0.1, 0.15) is 0 Å². The maximum atomic E-state index is 9.12. The van der Waals surface area contributed by atoms with Crippen LogP contribution in [0, 0.1) is 0 Å². The third-order valence-corrected chi connectivity index (χ3v) is 1.87. The monoisotopic (exact) mass is 222 g/mol. The lowest BCUT2D eigenvalue weighted by Crippen LogP contribution is -2.58. The molecule has 0 aliphatic carbocycles. The summed E-state index contributed by atoms with van der Waals surface area (Å²) in [6, 6.07) is 0. The molecule has 5 N–H and O–H groups in total. The van der Waals surface area contributed by atoms with Crippen LogP contribution in [0.15, 0.2) is 0 Å². The molecule has 1 aliphatic heterocycles. The fourth-order valence-corrected chi connectivity index (χ4v) is 1.08. The van der Waals surface area contributed by atoms with Crippen molar-refractivity contribution in [1.29, 1.82) is 0 Å². The fourth-order valence-electron chi connectivity index (χ4n) is 1.08. The van der Waals surface area contributed by atoms with Gasteiger partial charge in [-0.1, -0.05) is 0 Å². The molecule has 0 amide bonds. The predicted octanol–water partition coefficient (Wildman–Crippen LogP) is -2.36. The first-order valence-corrected chi connectivity index (χ1v) is 3.96. The molecule has 9 nitrogen and oxygen atoms in total. The molecule has 1 aliphatic rings. The lowest BCUT2D eigenvalue weighted by Gasteiger charge is -2.37. The first-order valence-electron chi connectivity index (χ1n) is 3.96. The van der Waals surface area contributed by atoms with Crippen molar-refractivity contribution in [3.8, 4) is 0 Å². The van der Waals surface area contributed by atoms with Gasteiger partial charge in [-0.05, 0) is 0 Å². The van der Waals surface area contributed by atoms with Crippen LogP contribution in [0.4, 0.5) is 0 Å². The Kier molecular flexibility index (Phi) is 6.13. The molecule has 1 fully saturated rings. The lowest BCUT2D eigenvalue weighted by atomic mass is 10.00. The first-order chi connectivity index (χ1) is 6.99. The lowest BCUT2D eigenvalue weighted by molar-refractivity contribution is -0.286. The average Bonchev–Trinajstić information content (AvgIpc) is 2.21. The van der Waals surface area contributed by atoms with Gasteiger partial charge in [0.05, 0.1) is 6.61 Å². The van der Waals surface area contributed by atoms with Crippen molar-refractivity contribution in [2.75, 3.05) is 6.61 Å². The number of rotatable bonds is 1. The summed E-state index contributed by atoms with van der Waals surface area (Å²) >= 11 is 0. The molecule has 1 saturated heterocycles. The summed E-state index contributed by atoms with van der Waals surface area (Å²) in [6.07, 6.45) is -7.04. The molecule has 0 unspecified atom stereocenters. The molecule has 88 valence electrons. The van der Waals surface area contributed by atoms with E-state index in [4.69, 9.17) is 36.6 Å². The van der Waals surface area contributed by atoms with E-state index >= 15 is 0 Å². The Morgan fingerprint density at radius 3 is 1.87 bits per heavy atom. The standard InChI is InChI=1S/C6H12O6.N3/c7-1-2-3(8)4(9)5(10)6(11)12-2;1-3-2/h2-11H,1H2;/q;-1/t2-,3-,4+,5+,6+;/m1./s1. The summed E-state index contributed by atoms with van der Waals surface area (Å²) in [7, 11) is 0. The number of aliphatic hydroxyl groups is 5. The maximum Gasteiger partial charge on any atom is 0.184 e. The highest BCUT2D eigenvalue weighted by Gasteiger charge is 2.42. The van der Waals surface area contributed by atoms with Crippen LogP contribution < -0.4 is 0 Å². The molecule has 1 rings (SSSR count). The molecule has 0 aromatic rings. The quantitative estimate of drug-likeness (QED) is 0.189. The van der Waals surface area contributed by atoms with E-state index in [1.54, 1.807) is 0 Å². The third-order valence-electron chi connectivity index (χ3n) is 1.87. The molecule has 9 heteroatoms. The molecule has 0 bridgehead atoms. The van der Waals surface area contributed by atoms with Gasteiger partial charge < -0.3 is 41.3 Å².